The molecule has 1 aromatic heterocycles. The molecular weight excluding hydrogens is 280 g/mol. The minimum Gasteiger partial charge on any atom is -0.456 e. The van der Waals surface area contributed by atoms with E-state index in [-0.39, 0.29) is 10.8 Å². The molecule has 0 amide bonds. The zero-order valence-electron chi connectivity index (χ0n) is 12.9. The molecule has 2 heteroatoms. The Morgan fingerprint density at radius 2 is 1.48 bits per heavy atom. The third kappa shape index (κ3) is 1.77. The average Bonchev–Trinajstić information content (AvgIpc) is 2.79. The number of hydrogen-bond donors (Lipinski definition) is 0. The predicted octanol–water partition coefficient (Wildman–Crippen LogP) is 6.20. The zero-order valence-corrected chi connectivity index (χ0v) is 13.6. The van der Waals surface area contributed by atoms with E-state index in [0.29, 0.717) is 0 Å². The quantitative estimate of drug-likeness (QED) is 0.481. The van der Waals surface area contributed by atoms with Gasteiger partial charge in [-0.2, -0.15) is 0 Å². The molecule has 0 bridgehead atoms. The molecule has 21 heavy (non-hydrogen) atoms. The molecule has 0 radical (unpaired) electrons. The first-order valence-corrected chi connectivity index (χ1v) is 7.83. The summed E-state index contributed by atoms with van der Waals surface area (Å²) < 4.78 is 6.04. The third-order valence-electron chi connectivity index (χ3n) is 4.92. The maximum absolute atomic E-state index is 6.08. The Morgan fingerprint density at radius 1 is 0.857 bits per heavy atom. The van der Waals surface area contributed by atoms with Crippen LogP contribution < -0.4 is 0 Å². The van der Waals surface area contributed by atoms with E-state index in [1.807, 2.05) is 12.1 Å². The molecule has 0 aliphatic heterocycles. The van der Waals surface area contributed by atoms with E-state index in [0.717, 1.165) is 21.6 Å². The highest BCUT2D eigenvalue weighted by molar-refractivity contribution is 6.31. The van der Waals surface area contributed by atoms with Gasteiger partial charge in [0.25, 0.3) is 0 Å². The van der Waals surface area contributed by atoms with Gasteiger partial charge in [0.15, 0.2) is 0 Å². The van der Waals surface area contributed by atoms with Crippen LogP contribution in [0.25, 0.3) is 21.9 Å². The highest BCUT2D eigenvalue weighted by atomic mass is 35.5. The van der Waals surface area contributed by atoms with Crippen LogP contribution in [-0.4, -0.2) is 0 Å². The van der Waals surface area contributed by atoms with Gasteiger partial charge in [-0.15, -0.1) is 0 Å². The molecule has 1 aliphatic carbocycles. The van der Waals surface area contributed by atoms with Gasteiger partial charge in [0.1, 0.15) is 11.2 Å². The van der Waals surface area contributed by atoms with Gasteiger partial charge in [-0.25, -0.2) is 0 Å². The van der Waals surface area contributed by atoms with Crippen LogP contribution in [0.15, 0.2) is 34.7 Å². The lowest BCUT2D eigenvalue weighted by Gasteiger charge is -2.22. The van der Waals surface area contributed by atoms with Crippen LogP contribution in [0, 0.1) is 0 Å². The summed E-state index contributed by atoms with van der Waals surface area (Å²) in [4.78, 5) is 0. The number of halogens is 1. The Morgan fingerprint density at radius 3 is 2.19 bits per heavy atom. The first-order valence-electron chi connectivity index (χ1n) is 7.45. The van der Waals surface area contributed by atoms with Gasteiger partial charge in [0.2, 0.25) is 0 Å². The summed E-state index contributed by atoms with van der Waals surface area (Å²) in [6.45, 7) is 9.33. The smallest absolute Gasteiger partial charge is 0.136 e. The van der Waals surface area contributed by atoms with Crippen LogP contribution in [0.2, 0.25) is 5.02 Å². The van der Waals surface area contributed by atoms with Crippen molar-refractivity contribution < 1.29 is 4.42 Å². The Kier molecular flexibility index (Phi) is 2.41. The van der Waals surface area contributed by atoms with Crippen molar-refractivity contribution in [1.82, 2.24) is 0 Å². The summed E-state index contributed by atoms with van der Waals surface area (Å²) in [5.74, 6) is 0. The summed E-state index contributed by atoms with van der Waals surface area (Å²) in [5, 5.41) is 3.07. The molecule has 0 N–H and O–H groups in total. The van der Waals surface area contributed by atoms with Crippen LogP contribution >= 0.6 is 11.6 Å². The largest absolute Gasteiger partial charge is 0.456 e. The Bertz CT molecular complexity index is 883. The van der Waals surface area contributed by atoms with Crippen LogP contribution in [0.3, 0.4) is 0 Å². The molecular formula is C19H19ClO. The first kappa shape index (κ1) is 13.2. The number of benzene rings is 2. The van der Waals surface area contributed by atoms with E-state index in [1.54, 1.807) is 0 Å². The Hall–Kier alpha value is -1.47. The molecule has 2 aromatic carbocycles. The Balaban J connectivity index is 2.12. The predicted molar refractivity (Wildman–Crippen MR) is 89.4 cm³/mol. The van der Waals surface area contributed by atoms with E-state index in [1.165, 1.54) is 22.9 Å². The lowest BCUT2D eigenvalue weighted by atomic mass is 9.82. The van der Waals surface area contributed by atoms with Crippen molar-refractivity contribution in [1.29, 1.82) is 0 Å². The summed E-state index contributed by atoms with van der Waals surface area (Å²) in [6.07, 6.45) is 1.17. The van der Waals surface area contributed by atoms with Gasteiger partial charge in [-0.3, -0.25) is 0 Å². The molecule has 1 aliphatic rings. The van der Waals surface area contributed by atoms with E-state index >= 15 is 0 Å². The normalized spacial score (nSPS) is 19.3. The molecule has 1 heterocycles. The maximum Gasteiger partial charge on any atom is 0.136 e. The van der Waals surface area contributed by atoms with Gasteiger partial charge in [0.05, 0.1) is 0 Å². The SMILES string of the molecule is CC1(C)CC(C)(C)c2cc3c(cc21)oc1cc(Cl)ccc13. The van der Waals surface area contributed by atoms with E-state index in [4.69, 9.17) is 16.0 Å². The molecule has 0 unspecified atom stereocenters. The standard InChI is InChI=1S/C19H19ClO/c1-18(2)10-19(3,4)15-9-17-13(8-14(15)18)12-6-5-11(20)7-16(12)21-17/h5-9H,10H2,1-4H3. The van der Waals surface area contributed by atoms with Crippen molar-refractivity contribution in [3.63, 3.8) is 0 Å². The highest BCUT2D eigenvalue weighted by Gasteiger charge is 2.42. The molecule has 108 valence electrons. The Labute approximate surface area is 129 Å². The second-order valence-electron chi connectivity index (χ2n) is 7.58. The molecule has 1 nitrogen and oxygen atoms in total. The van der Waals surface area contributed by atoms with Gasteiger partial charge < -0.3 is 4.42 Å². The van der Waals surface area contributed by atoms with E-state index in [9.17, 15) is 0 Å². The van der Waals surface area contributed by atoms with Crippen LogP contribution in [0.5, 0.6) is 0 Å². The van der Waals surface area contributed by atoms with Crippen molar-refractivity contribution in [2.24, 2.45) is 0 Å². The number of hydrogen-bond acceptors (Lipinski definition) is 1. The van der Waals surface area contributed by atoms with Crippen molar-refractivity contribution in [3.05, 3.63) is 46.5 Å². The van der Waals surface area contributed by atoms with Crippen molar-refractivity contribution >= 4 is 33.5 Å². The fourth-order valence-corrected chi connectivity index (χ4v) is 4.37. The molecule has 0 atom stereocenters. The van der Waals surface area contributed by atoms with Gasteiger partial charge in [-0.1, -0.05) is 39.3 Å². The molecule has 3 aromatic rings. The number of rotatable bonds is 0. The monoisotopic (exact) mass is 298 g/mol. The number of furan rings is 1. The molecule has 0 fully saturated rings. The fourth-order valence-electron chi connectivity index (χ4n) is 4.21. The summed E-state index contributed by atoms with van der Waals surface area (Å²) in [5.41, 5.74) is 5.13. The molecule has 4 rings (SSSR count). The van der Waals surface area contributed by atoms with Gasteiger partial charge >= 0.3 is 0 Å². The average molecular weight is 299 g/mol. The van der Waals surface area contributed by atoms with Crippen molar-refractivity contribution in [3.8, 4) is 0 Å². The summed E-state index contributed by atoms with van der Waals surface area (Å²) in [7, 11) is 0. The lowest BCUT2D eigenvalue weighted by Crippen LogP contribution is -2.17. The van der Waals surface area contributed by atoms with Gasteiger partial charge in [-0.05, 0) is 52.6 Å². The van der Waals surface area contributed by atoms with Crippen molar-refractivity contribution in [2.45, 2.75) is 44.9 Å². The minimum atomic E-state index is 0.198. The van der Waals surface area contributed by atoms with E-state index in [2.05, 4.69) is 45.9 Å². The third-order valence-corrected chi connectivity index (χ3v) is 5.15. The molecule has 0 saturated heterocycles. The summed E-state index contributed by atoms with van der Waals surface area (Å²) in [6, 6.07) is 10.5. The molecule has 0 spiro atoms. The van der Waals surface area contributed by atoms with Crippen molar-refractivity contribution in [2.75, 3.05) is 0 Å². The van der Waals surface area contributed by atoms with E-state index < -0.39 is 0 Å². The maximum atomic E-state index is 6.08. The zero-order chi connectivity index (χ0) is 15.0. The lowest BCUT2D eigenvalue weighted by molar-refractivity contribution is 0.403. The number of fused-ring (bicyclic) bond motifs is 4. The fraction of sp³-hybridized carbons (Fsp3) is 0.368. The molecule has 0 saturated carbocycles. The van der Waals surface area contributed by atoms with Gasteiger partial charge in [0, 0.05) is 21.9 Å². The summed E-state index contributed by atoms with van der Waals surface area (Å²) >= 11 is 6.08. The van der Waals surface area contributed by atoms with Crippen LogP contribution in [-0.2, 0) is 10.8 Å². The minimum absolute atomic E-state index is 0.198. The van der Waals surface area contributed by atoms with Crippen LogP contribution in [0.4, 0.5) is 0 Å². The highest BCUT2D eigenvalue weighted by Crippen LogP contribution is 2.51. The first-order chi connectivity index (χ1) is 9.78. The van der Waals surface area contributed by atoms with Crippen LogP contribution in [0.1, 0.15) is 45.2 Å². The second kappa shape index (κ2) is 3.84. The topological polar surface area (TPSA) is 13.1 Å². The second-order valence-corrected chi connectivity index (χ2v) is 8.02.